The highest BCUT2D eigenvalue weighted by atomic mass is 35.5. The minimum Gasteiger partial charge on any atom is -0.207 e. The minimum atomic E-state index is -0.449. The molecule has 28 heavy (non-hydrogen) atoms. The van der Waals surface area contributed by atoms with Gasteiger partial charge in [-0.05, 0) is 104 Å². The van der Waals surface area contributed by atoms with E-state index in [1.807, 2.05) is 12.1 Å². The van der Waals surface area contributed by atoms with Crippen molar-refractivity contribution < 1.29 is 8.78 Å². The molecule has 4 unspecified atom stereocenters. The molecule has 0 aromatic heterocycles. The van der Waals surface area contributed by atoms with Crippen LogP contribution in [0.25, 0.3) is 0 Å². The Hall–Kier alpha value is -1.67. The zero-order valence-corrected chi connectivity index (χ0v) is 17.1. The second kappa shape index (κ2) is 8.37. The molecule has 1 saturated carbocycles. The van der Waals surface area contributed by atoms with Gasteiger partial charge in [0.15, 0.2) is 0 Å². The van der Waals surface area contributed by atoms with E-state index in [0.717, 1.165) is 54.3 Å². The summed E-state index contributed by atoms with van der Waals surface area (Å²) in [4.78, 5) is 0. The number of hydrogen-bond acceptors (Lipinski definition) is 0. The fourth-order valence-electron chi connectivity index (χ4n) is 5.69. The van der Waals surface area contributed by atoms with Gasteiger partial charge in [0.25, 0.3) is 0 Å². The van der Waals surface area contributed by atoms with Crippen molar-refractivity contribution in [1.29, 1.82) is 0 Å². The second-order valence-electron chi connectivity index (χ2n) is 8.33. The van der Waals surface area contributed by atoms with Gasteiger partial charge in [-0.1, -0.05) is 35.9 Å². The highest BCUT2D eigenvalue weighted by Gasteiger charge is 2.43. The van der Waals surface area contributed by atoms with E-state index in [0.29, 0.717) is 24.2 Å². The molecule has 4 atom stereocenters. The highest BCUT2D eigenvalue weighted by molar-refractivity contribution is 6.30. The second-order valence-corrected chi connectivity index (χ2v) is 8.76. The molecule has 2 aliphatic carbocycles. The van der Waals surface area contributed by atoms with Crippen LogP contribution in [0.5, 0.6) is 0 Å². The number of hydrogen-bond donors (Lipinski definition) is 0. The minimum absolute atomic E-state index is 0.243. The summed E-state index contributed by atoms with van der Waals surface area (Å²) in [6, 6.07) is 10.9. The summed E-state index contributed by atoms with van der Waals surface area (Å²) in [5.41, 5.74) is 2.98. The molecule has 2 aromatic carbocycles. The van der Waals surface area contributed by atoms with Gasteiger partial charge in [0.05, 0.1) is 0 Å². The molecule has 2 aliphatic rings. The average Bonchev–Trinajstić information content (AvgIpc) is 2.68. The number of fused-ring (bicyclic) bond motifs is 3. The van der Waals surface area contributed by atoms with Crippen LogP contribution in [0, 0.1) is 23.5 Å². The number of rotatable bonds is 4. The predicted octanol–water partition coefficient (Wildman–Crippen LogP) is 7.81. The summed E-state index contributed by atoms with van der Waals surface area (Å²) in [5, 5.41) is 0.750. The van der Waals surface area contributed by atoms with Crippen LogP contribution >= 0.6 is 11.6 Å². The molecule has 0 nitrogen and oxygen atoms in total. The molecule has 0 radical (unpaired) electrons. The molecular weight excluding hydrogens is 374 g/mol. The van der Waals surface area contributed by atoms with Crippen molar-refractivity contribution in [2.45, 2.75) is 57.3 Å². The van der Waals surface area contributed by atoms with Gasteiger partial charge in [0.2, 0.25) is 0 Å². The topological polar surface area (TPSA) is 0 Å². The maximum atomic E-state index is 14.4. The third-order valence-corrected chi connectivity index (χ3v) is 7.10. The molecule has 0 N–H and O–H groups in total. The Bertz CT molecular complexity index is 856. The largest absolute Gasteiger partial charge is 0.207 e. The third kappa shape index (κ3) is 3.76. The first-order valence-corrected chi connectivity index (χ1v) is 10.8. The molecule has 0 amide bonds. The Kier molecular flexibility index (Phi) is 5.87. The first-order valence-electron chi connectivity index (χ1n) is 10.4. The fraction of sp³-hybridized carbons (Fsp3) is 0.440. The first-order chi connectivity index (χ1) is 13.6. The van der Waals surface area contributed by atoms with Crippen LogP contribution in [0.1, 0.15) is 67.6 Å². The quantitative estimate of drug-likeness (QED) is 0.459. The first kappa shape index (κ1) is 19.6. The van der Waals surface area contributed by atoms with Crippen LogP contribution in [0.15, 0.2) is 48.6 Å². The summed E-state index contributed by atoms with van der Waals surface area (Å²) in [6.07, 6.45) is 10.4. The molecule has 1 fully saturated rings. The van der Waals surface area contributed by atoms with E-state index >= 15 is 0 Å². The molecule has 0 heterocycles. The van der Waals surface area contributed by atoms with Gasteiger partial charge in [-0.15, -0.1) is 0 Å². The van der Waals surface area contributed by atoms with Crippen molar-refractivity contribution in [1.82, 2.24) is 0 Å². The van der Waals surface area contributed by atoms with Crippen LogP contribution in [-0.2, 0) is 6.42 Å². The van der Waals surface area contributed by atoms with E-state index in [9.17, 15) is 8.78 Å². The molecule has 4 rings (SSSR count). The van der Waals surface area contributed by atoms with E-state index in [1.165, 1.54) is 5.56 Å². The molecular formula is C25H27ClF2. The van der Waals surface area contributed by atoms with Crippen molar-refractivity contribution >= 4 is 11.6 Å². The number of allylic oxidation sites excluding steroid dienone is 2. The van der Waals surface area contributed by atoms with E-state index in [2.05, 4.69) is 31.2 Å². The Morgan fingerprint density at radius 2 is 1.86 bits per heavy atom. The van der Waals surface area contributed by atoms with E-state index in [4.69, 9.17) is 11.6 Å². The summed E-state index contributed by atoms with van der Waals surface area (Å²) < 4.78 is 28.4. The van der Waals surface area contributed by atoms with Gasteiger partial charge in [0, 0.05) is 11.1 Å². The van der Waals surface area contributed by atoms with E-state index < -0.39 is 5.82 Å². The highest BCUT2D eigenvalue weighted by Crippen LogP contribution is 2.55. The van der Waals surface area contributed by atoms with Crippen LogP contribution in [0.4, 0.5) is 8.78 Å². The third-order valence-electron chi connectivity index (χ3n) is 6.85. The lowest BCUT2D eigenvalue weighted by molar-refractivity contribution is 0.161. The summed E-state index contributed by atoms with van der Waals surface area (Å²) in [5.74, 6) is 0.869. The molecule has 2 aromatic rings. The Morgan fingerprint density at radius 3 is 2.61 bits per heavy atom. The molecule has 0 aliphatic heterocycles. The molecule has 0 saturated heterocycles. The van der Waals surface area contributed by atoms with Gasteiger partial charge in [-0.2, -0.15) is 0 Å². The zero-order chi connectivity index (χ0) is 19.7. The molecule has 3 heteroatoms. The fourth-order valence-corrected chi connectivity index (χ4v) is 5.81. The Morgan fingerprint density at radius 1 is 1.07 bits per heavy atom. The van der Waals surface area contributed by atoms with Gasteiger partial charge in [0.1, 0.15) is 11.6 Å². The average molecular weight is 401 g/mol. The molecule has 0 bridgehead atoms. The van der Waals surface area contributed by atoms with Crippen LogP contribution in [-0.4, -0.2) is 0 Å². The van der Waals surface area contributed by atoms with E-state index in [1.54, 1.807) is 6.07 Å². The van der Waals surface area contributed by atoms with Crippen molar-refractivity contribution in [3.05, 3.63) is 81.9 Å². The van der Waals surface area contributed by atoms with Crippen molar-refractivity contribution in [3.63, 3.8) is 0 Å². The standard InChI is InChI=1S/C25H27ClF2/c1-2-3-4-5-16-8-11-20-22(25(16)17-6-9-18(26)10-7-17)13-12-21-23(20)14-19(27)15-24(21)28/h2-3,6-7,9-10,14-16,20,22,25H,4-5,8,11-13H2,1H3. The predicted molar refractivity (Wildman–Crippen MR) is 112 cm³/mol. The lowest BCUT2D eigenvalue weighted by atomic mass is 9.57. The maximum absolute atomic E-state index is 14.4. The van der Waals surface area contributed by atoms with Crippen molar-refractivity contribution in [2.24, 2.45) is 11.8 Å². The van der Waals surface area contributed by atoms with E-state index in [-0.39, 0.29) is 11.7 Å². The molecule has 148 valence electrons. The maximum Gasteiger partial charge on any atom is 0.129 e. The Labute approximate surface area is 171 Å². The lowest BCUT2D eigenvalue weighted by Crippen LogP contribution is -2.35. The SMILES string of the molecule is CC=CCCC1CCC2c3cc(F)cc(F)c3CCC2C1c1ccc(Cl)cc1. The zero-order valence-electron chi connectivity index (χ0n) is 16.3. The number of benzene rings is 2. The van der Waals surface area contributed by atoms with Gasteiger partial charge >= 0.3 is 0 Å². The smallest absolute Gasteiger partial charge is 0.129 e. The lowest BCUT2D eigenvalue weighted by Gasteiger charge is -2.47. The van der Waals surface area contributed by atoms with Gasteiger partial charge < -0.3 is 0 Å². The summed E-state index contributed by atoms with van der Waals surface area (Å²) >= 11 is 6.14. The van der Waals surface area contributed by atoms with Crippen LogP contribution in [0.2, 0.25) is 5.02 Å². The molecule has 0 spiro atoms. The van der Waals surface area contributed by atoms with Gasteiger partial charge in [-0.3, -0.25) is 0 Å². The normalized spacial score (nSPS) is 26.9. The monoisotopic (exact) mass is 400 g/mol. The summed E-state index contributed by atoms with van der Waals surface area (Å²) in [6.45, 7) is 2.06. The number of halogens is 3. The summed E-state index contributed by atoms with van der Waals surface area (Å²) in [7, 11) is 0. The van der Waals surface area contributed by atoms with Crippen molar-refractivity contribution in [3.8, 4) is 0 Å². The Balaban J connectivity index is 1.71. The van der Waals surface area contributed by atoms with Crippen LogP contribution in [0.3, 0.4) is 0 Å². The van der Waals surface area contributed by atoms with Crippen molar-refractivity contribution in [2.75, 3.05) is 0 Å². The van der Waals surface area contributed by atoms with Crippen LogP contribution < -0.4 is 0 Å². The van der Waals surface area contributed by atoms with Gasteiger partial charge in [-0.25, -0.2) is 8.78 Å².